The molecule has 0 radical (unpaired) electrons. The Bertz CT molecular complexity index is 685. The van der Waals surface area contributed by atoms with Gasteiger partial charge >= 0.3 is 0 Å². The van der Waals surface area contributed by atoms with Gasteiger partial charge in [-0.05, 0) is 50.0 Å². The highest BCUT2D eigenvalue weighted by Gasteiger charge is 2.18. The van der Waals surface area contributed by atoms with Crippen molar-refractivity contribution >= 4 is 23.2 Å². The van der Waals surface area contributed by atoms with Crippen molar-refractivity contribution in [3.05, 3.63) is 40.5 Å². The minimum Gasteiger partial charge on any atom is -0.475 e. The quantitative estimate of drug-likeness (QED) is 0.726. The van der Waals surface area contributed by atoms with Gasteiger partial charge in [0.2, 0.25) is 5.88 Å². The van der Waals surface area contributed by atoms with Crippen molar-refractivity contribution in [2.75, 3.05) is 40.0 Å². The Morgan fingerprint density at radius 3 is 2.72 bits per heavy atom. The molecular formula is C18H23Cl2N3O2. The molecule has 0 amide bonds. The van der Waals surface area contributed by atoms with Crippen LogP contribution in [0.25, 0.3) is 5.69 Å². The molecule has 0 bridgehead atoms. The summed E-state index contributed by atoms with van der Waals surface area (Å²) in [6.07, 6.45) is 4.22. The van der Waals surface area contributed by atoms with E-state index in [9.17, 15) is 0 Å². The maximum Gasteiger partial charge on any atom is 0.233 e. The summed E-state index contributed by atoms with van der Waals surface area (Å²) in [7, 11) is 1.77. The molecule has 1 aromatic carbocycles. The Kier molecular flexibility index (Phi) is 6.59. The molecule has 7 heteroatoms. The van der Waals surface area contributed by atoms with Gasteiger partial charge in [0.15, 0.2) is 0 Å². The van der Waals surface area contributed by atoms with Crippen molar-refractivity contribution in [3.8, 4) is 11.6 Å². The van der Waals surface area contributed by atoms with Crippen LogP contribution in [0.5, 0.6) is 5.88 Å². The SMILES string of the molecule is COCC1CCN(CCOc2ccn(-c3ccc(Cl)cc3Cl)n2)CC1. The molecule has 0 N–H and O–H groups in total. The van der Waals surface area contributed by atoms with Crippen molar-refractivity contribution in [2.24, 2.45) is 5.92 Å². The van der Waals surface area contributed by atoms with Crippen LogP contribution in [-0.2, 0) is 4.74 Å². The molecule has 1 fully saturated rings. The molecule has 0 atom stereocenters. The van der Waals surface area contributed by atoms with Gasteiger partial charge in [-0.25, -0.2) is 4.68 Å². The maximum absolute atomic E-state index is 6.21. The third-order valence-electron chi connectivity index (χ3n) is 4.49. The second-order valence-electron chi connectivity index (χ2n) is 6.28. The van der Waals surface area contributed by atoms with Crippen molar-refractivity contribution in [1.29, 1.82) is 0 Å². The van der Waals surface area contributed by atoms with Crippen molar-refractivity contribution in [3.63, 3.8) is 0 Å². The van der Waals surface area contributed by atoms with E-state index in [-0.39, 0.29) is 0 Å². The average Bonchev–Trinajstić information content (AvgIpc) is 3.05. The number of ether oxygens (including phenoxy) is 2. The molecule has 0 saturated carbocycles. The normalized spacial score (nSPS) is 16.3. The number of rotatable bonds is 7. The number of aromatic nitrogens is 2. The Balaban J connectivity index is 1.46. The highest BCUT2D eigenvalue weighted by Crippen LogP contribution is 2.24. The lowest BCUT2D eigenvalue weighted by Gasteiger charge is -2.31. The van der Waals surface area contributed by atoms with E-state index in [1.165, 1.54) is 12.8 Å². The van der Waals surface area contributed by atoms with Crippen LogP contribution in [0.4, 0.5) is 0 Å². The van der Waals surface area contributed by atoms with E-state index in [2.05, 4.69) is 10.00 Å². The van der Waals surface area contributed by atoms with Gasteiger partial charge in [-0.1, -0.05) is 23.2 Å². The molecule has 3 rings (SSSR count). The van der Waals surface area contributed by atoms with Crippen molar-refractivity contribution in [1.82, 2.24) is 14.7 Å². The molecule has 2 aromatic rings. The smallest absolute Gasteiger partial charge is 0.233 e. The molecule has 136 valence electrons. The van der Waals surface area contributed by atoms with E-state index in [0.29, 0.717) is 28.5 Å². The number of hydrogen-bond donors (Lipinski definition) is 0. The maximum atomic E-state index is 6.21. The van der Waals surface area contributed by atoms with Gasteiger partial charge in [0.05, 0.1) is 10.7 Å². The zero-order valence-electron chi connectivity index (χ0n) is 14.3. The zero-order valence-corrected chi connectivity index (χ0v) is 15.8. The second kappa shape index (κ2) is 8.90. The first-order valence-corrected chi connectivity index (χ1v) is 9.26. The predicted molar refractivity (Wildman–Crippen MR) is 100 cm³/mol. The van der Waals surface area contributed by atoms with Gasteiger partial charge in [-0.3, -0.25) is 4.90 Å². The molecule has 0 spiro atoms. The minimum atomic E-state index is 0.557. The molecular weight excluding hydrogens is 361 g/mol. The Morgan fingerprint density at radius 2 is 2.00 bits per heavy atom. The monoisotopic (exact) mass is 383 g/mol. The summed E-state index contributed by atoms with van der Waals surface area (Å²) in [4.78, 5) is 2.43. The summed E-state index contributed by atoms with van der Waals surface area (Å²) in [6.45, 7) is 4.61. The molecule has 25 heavy (non-hydrogen) atoms. The average molecular weight is 384 g/mol. The van der Waals surface area contributed by atoms with E-state index in [4.69, 9.17) is 32.7 Å². The number of halogens is 2. The van der Waals surface area contributed by atoms with Gasteiger partial charge in [0, 0.05) is 37.5 Å². The fraction of sp³-hybridized carbons (Fsp3) is 0.500. The standard InChI is InChI=1S/C18H23Cl2N3O2/c1-24-13-14-4-7-22(8-5-14)10-11-25-18-6-9-23(21-18)17-3-2-15(19)12-16(17)20/h2-3,6,9,12,14H,4-5,7-8,10-11,13H2,1H3. The van der Waals surface area contributed by atoms with Gasteiger partial charge in [0.25, 0.3) is 0 Å². The summed E-state index contributed by atoms with van der Waals surface area (Å²) >= 11 is 12.1. The molecule has 0 unspecified atom stereocenters. The zero-order chi connectivity index (χ0) is 17.6. The van der Waals surface area contributed by atoms with Gasteiger partial charge in [-0.2, -0.15) is 0 Å². The fourth-order valence-electron chi connectivity index (χ4n) is 3.08. The van der Waals surface area contributed by atoms with E-state index in [1.54, 1.807) is 23.9 Å². The summed E-state index contributed by atoms with van der Waals surface area (Å²) in [5.74, 6) is 1.29. The molecule has 5 nitrogen and oxygen atoms in total. The van der Waals surface area contributed by atoms with Crippen LogP contribution in [0.3, 0.4) is 0 Å². The van der Waals surface area contributed by atoms with Gasteiger partial charge in [-0.15, -0.1) is 5.10 Å². The van der Waals surface area contributed by atoms with Gasteiger partial charge in [0.1, 0.15) is 6.61 Å². The first-order chi connectivity index (χ1) is 12.2. The number of methoxy groups -OCH3 is 1. The number of piperidine rings is 1. The van der Waals surface area contributed by atoms with Crippen LogP contribution in [0, 0.1) is 5.92 Å². The molecule has 1 aliphatic heterocycles. The van der Waals surface area contributed by atoms with Crippen molar-refractivity contribution < 1.29 is 9.47 Å². The Labute approximate surface area is 158 Å². The highest BCUT2D eigenvalue weighted by atomic mass is 35.5. The van der Waals surface area contributed by atoms with Crippen LogP contribution in [0.1, 0.15) is 12.8 Å². The van der Waals surface area contributed by atoms with Crippen LogP contribution in [0.15, 0.2) is 30.5 Å². The molecule has 1 aromatic heterocycles. The summed E-state index contributed by atoms with van der Waals surface area (Å²) in [5, 5.41) is 5.58. The third kappa shape index (κ3) is 5.11. The molecule has 0 aliphatic carbocycles. The second-order valence-corrected chi connectivity index (χ2v) is 7.13. The van der Waals surface area contributed by atoms with Crippen LogP contribution < -0.4 is 4.74 Å². The highest BCUT2D eigenvalue weighted by molar-refractivity contribution is 6.35. The number of hydrogen-bond acceptors (Lipinski definition) is 4. The Hall–Kier alpha value is -1.27. The van der Waals surface area contributed by atoms with E-state index in [1.807, 2.05) is 18.3 Å². The lowest BCUT2D eigenvalue weighted by Crippen LogP contribution is -2.37. The van der Waals surface area contributed by atoms with Crippen LogP contribution in [0.2, 0.25) is 10.0 Å². The first-order valence-electron chi connectivity index (χ1n) is 8.51. The number of benzene rings is 1. The molecule has 2 heterocycles. The first kappa shape index (κ1) is 18.5. The number of nitrogens with zero attached hydrogens (tertiary/aromatic N) is 3. The van der Waals surface area contributed by atoms with E-state index in [0.717, 1.165) is 31.9 Å². The molecule has 1 aliphatic rings. The third-order valence-corrected chi connectivity index (χ3v) is 5.03. The van der Waals surface area contributed by atoms with Crippen molar-refractivity contribution in [2.45, 2.75) is 12.8 Å². The van der Waals surface area contributed by atoms with E-state index < -0.39 is 0 Å². The fourth-order valence-corrected chi connectivity index (χ4v) is 3.57. The predicted octanol–water partition coefficient (Wildman–Crippen LogP) is 3.92. The van der Waals surface area contributed by atoms with Crippen LogP contribution >= 0.6 is 23.2 Å². The number of likely N-dealkylation sites (tertiary alicyclic amines) is 1. The Morgan fingerprint density at radius 1 is 1.20 bits per heavy atom. The van der Waals surface area contributed by atoms with Crippen LogP contribution in [-0.4, -0.2) is 54.6 Å². The summed E-state index contributed by atoms with van der Waals surface area (Å²) < 4.78 is 12.7. The topological polar surface area (TPSA) is 39.5 Å². The summed E-state index contributed by atoms with van der Waals surface area (Å²) in [6, 6.07) is 7.17. The lowest BCUT2D eigenvalue weighted by molar-refractivity contribution is 0.0924. The molecule has 1 saturated heterocycles. The minimum absolute atomic E-state index is 0.557. The van der Waals surface area contributed by atoms with Gasteiger partial charge < -0.3 is 9.47 Å². The largest absolute Gasteiger partial charge is 0.475 e. The lowest BCUT2D eigenvalue weighted by atomic mass is 9.98. The summed E-state index contributed by atoms with van der Waals surface area (Å²) in [5.41, 5.74) is 0.779. The van der Waals surface area contributed by atoms with E-state index >= 15 is 0 Å².